The quantitative estimate of drug-likeness (QED) is 0.787. The summed E-state index contributed by atoms with van der Waals surface area (Å²) in [7, 11) is 0. The molecule has 28 heavy (non-hydrogen) atoms. The van der Waals surface area contributed by atoms with Crippen molar-refractivity contribution >= 4 is 5.97 Å². The van der Waals surface area contributed by atoms with E-state index in [1.54, 1.807) is 25.1 Å². The molecule has 1 unspecified atom stereocenters. The van der Waals surface area contributed by atoms with Crippen LogP contribution in [0.15, 0.2) is 35.1 Å². The van der Waals surface area contributed by atoms with Crippen molar-refractivity contribution in [1.82, 2.24) is 4.57 Å². The molecule has 1 aromatic carbocycles. The molecule has 0 aliphatic rings. The number of aliphatic hydroxyl groups excluding tert-OH is 1. The number of nitriles is 1. The Morgan fingerprint density at radius 1 is 1.36 bits per heavy atom. The molecule has 0 radical (unpaired) electrons. The maximum absolute atomic E-state index is 13.4. The maximum Gasteiger partial charge on any atom is 0.417 e. The van der Waals surface area contributed by atoms with Crippen molar-refractivity contribution in [2.24, 2.45) is 0 Å². The molecule has 1 atom stereocenters. The molecule has 2 aromatic rings. The lowest BCUT2D eigenvalue weighted by Crippen LogP contribution is -2.33. The van der Waals surface area contributed by atoms with Gasteiger partial charge in [-0.05, 0) is 24.6 Å². The van der Waals surface area contributed by atoms with Crippen molar-refractivity contribution in [2.45, 2.75) is 32.7 Å². The molecule has 0 bridgehead atoms. The summed E-state index contributed by atoms with van der Waals surface area (Å²) >= 11 is 0. The first-order valence-electron chi connectivity index (χ1n) is 8.18. The molecule has 0 saturated carbocycles. The smallest absolute Gasteiger partial charge is 0.417 e. The number of hydrogen-bond acceptors (Lipinski definition) is 5. The van der Waals surface area contributed by atoms with E-state index < -0.39 is 48.1 Å². The Kier molecular flexibility index (Phi) is 6.26. The Morgan fingerprint density at radius 3 is 2.57 bits per heavy atom. The first kappa shape index (κ1) is 21.2. The predicted molar refractivity (Wildman–Crippen MR) is 93.2 cm³/mol. The predicted octanol–water partition coefficient (Wildman–Crippen LogP) is 2.64. The van der Waals surface area contributed by atoms with Gasteiger partial charge in [-0.1, -0.05) is 23.8 Å². The van der Waals surface area contributed by atoms with E-state index in [-0.39, 0.29) is 5.69 Å². The molecule has 0 aliphatic heterocycles. The number of ether oxygens (including phenoxy) is 1. The van der Waals surface area contributed by atoms with Crippen LogP contribution in [0.25, 0.3) is 11.3 Å². The molecule has 6 nitrogen and oxygen atoms in total. The van der Waals surface area contributed by atoms with E-state index in [0.29, 0.717) is 11.6 Å². The van der Waals surface area contributed by atoms with E-state index in [2.05, 4.69) is 4.74 Å². The van der Waals surface area contributed by atoms with Crippen LogP contribution in [0.5, 0.6) is 0 Å². The van der Waals surface area contributed by atoms with Crippen LogP contribution in [0.3, 0.4) is 0 Å². The van der Waals surface area contributed by atoms with Crippen molar-refractivity contribution in [1.29, 1.82) is 5.26 Å². The van der Waals surface area contributed by atoms with E-state index in [9.17, 15) is 27.9 Å². The van der Waals surface area contributed by atoms with Crippen molar-refractivity contribution in [2.75, 3.05) is 6.61 Å². The molecule has 2 rings (SSSR count). The SMILES string of the molecule is CC(=O)OCC(O)Cn1c(-c2cccc(C)c2)cc(C(F)(F)F)c(C#N)c1=O. The van der Waals surface area contributed by atoms with Crippen LogP contribution in [0, 0.1) is 18.3 Å². The lowest BCUT2D eigenvalue weighted by Gasteiger charge is -2.20. The zero-order chi connectivity index (χ0) is 21.1. The van der Waals surface area contributed by atoms with Gasteiger partial charge in [0.25, 0.3) is 5.56 Å². The van der Waals surface area contributed by atoms with E-state index in [1.807, 2.05) is 0 Å². The number of nitrogens with zero attached hydrogens (tertiary/aromatic N) is 2. The summed E-state index contributed by atoms with van der Waals surface area (Å²) in [6.07, 6.45) is -6.26. The Hall–Kier alpha value is -3.12. The average Bonchev–Trinajstić information content (AvgIpc) is 2.60. The molecule has 1 aromatic heterocycles. The van der Waals surface area contributed by atoms with Crippen molar-refractivity contribution < 1.29 is 27.8 Å². The molecule has 0 aliphatic carbocycles. The minimum absolute atomic E-state index is 0.109. The van der Waals surface area contributed by atoms with Crippen LogP contribution in [-0.4, -0.2) is 28.4 Å². The fourth-order valence-electron chi connectivity index (χ4n) is 2.68. The number of aromatic nitrogens is 1. The molecule has 9 heteroatoms. The third-order valence-corrected chi connectivity index (χ3v) is 3.90. The van der Waals surface area contributed by atoms with Crippen LogP contribution < -0.4 is 5.56 Å². The number of halogens is 3. The van der Waals surface area contributed by atoms with Gasteiger partial charge in [0.15, 0.2) is 0 Å². The first-order chi connectivity index (χ1) is 13.0. The molecule has 0 amide bonds. The van der Waals surface area contributed by atoms with E-state index >= 15 is 0 Å². The van der Waals surface area contributed by atoms with Crippen LogP contribution >= 0.6 is 0 Å². The van der Waals surface area contributed by atoms with Crippen molar-refractivity contribution in [3.05, 3.63) is 57.4 Å². The summed E-state index contributed by atoms with van der Waals surface area (Å²) in [5.41, 5.74) is -2.65. The minimum atomic E-state index is -4.90. The summed E-state index contributed by atoms with van der Waals surface area (Å²) in [6, 6.07) is 8.46. The number of hydrogen-bond donors (Lipinski definition) is 1. The maximum atomic E-state index is 13.4. The van der Waals surface area contributed by atoms with Gasteiger partial charge in [-0.15, -0.1) is 0 Å². The summed E-state index contributed by atoms with van der Waals surface area (Å²) in [6.45, 7) is 1.96. The Bertz CT molecular complexity index is 990. The molecule has 0 saturated heterocycles. The van der Waals surface area contributed by atoms with Gasteiger partial charge in [-0.2, -0.15) is 18.4 Å². The highest BCUT2D eigenvalue weighted by Gasteiger charge is 2.36. The fourth-order valence-corrected chi connectivity index (χ4v) is 2.68. The molecule has 1 N–H and O–H groups in total. The van der Waals surface area contributed by atoms with Crippen LogP contribution in [0.4, 0.5) is 13.2 Å². The van der Waals surface area contributed by atoms with E-state index in [4.69, 9.17) is 5.26 Å². The van der Waals surface area contributed by atoms with Gasteiger partial charge in [0.05, 0.1) is 17.8 Å². The normalized spacial score (nSPS) is 12.3. The largest absolute Gasteiger partial charge is 0.463 e. The standard InChI is InChI=1S/C19H17F3N2O4/c1-11-4-3-5-13(6-11)17-7-16(19(20,21)22)15(8-23)18(27)24(17)9-14(26)10-28-12(2)25/h3-7,14,26H,9-10H2,1-2H3. The monoisotopic (exact) mass is 394 g/mol. The van der Waals surface area contributed by atoms with Crippen molar-refractivity contribution in [3.8, 4) is 17.3 Å². The summed E-state index contributed by atoms with van der Waals surface area (Å²) in [5, 5.41) is 19.2. The lowest BCUT2D eigenvalue weighted by atomic mass is 10.0. The third kappa shape index (κ3) is 4.78. The number of benzene rings is 1. The number of aryl methyl sites for hydroxylation is 1. The summed E-state index contributed by atoms with van der Waals surface area (Å²) in [4.78, 5) is 23.5. The van der Waals surface area contributed by atoms with Crippen LogP contribution in [0.2, 0.25) is 0 Å². The van der Waals surface area contributed by atoms with Crippen LogP contribution in [0.1, 0.15) is 23.6 Å². The fraction of sp³-hybridized carbons (Fsp3) is 0.316. The molecule has 0 spiro atoms. The highest BCUT2D eigenvalue weighted by Crippen LogP contribution is 2.33. The minimum Gasteiger partial charge on any atom is -0.463 e. The highest BCUT2D eigenvalue weighted by atomic mass is 19.4. The number of carbonyl (C=O) groups excluding carboxylic acids is 1. The van der Waals surface area contributed by atoms with Gasteiger partial charge in [0.1, 0.15) is 24.3 Å². The number of rotatable bonds is 5. The molecular formula is C19H17F3N2O4. The number of aliphatic hydroxyl groups is 1. The van der Waals surface area contributed by atoms with Crippen LogP contribution in [-0.2, 0) is 22.3 Å². The summed E-state index contributed by atoms with van der Waals surface area (Å²) < 4.78 is 45.7. The van der Waals surface area contributed by atoms with E-state index in [0.717, 1.165) is 17.1 Å². The topological polar surface area (TPSA) is 92.3 Å². The van der Waals surface area contributed by atoms with Gasteiger partial charge in [0.2, 0.25) is 0 Å². The molecule has 148 valence electrons. The van der Waals surface area contributed by atoms with Gasteiger partial charge in [0, 0.05) is 6.92 Å². The van der Waals surface area contributed by atoms with Crippen molar-refractivity contribution in [3.63, 3.8) is 0 Å². The second kappa shape index (κ2) is 8.27. The number of pyridine rings is 1. The second-order valence-electron chi connectivity index (χ2n) is 6.17. The third-order valence-electron chi connectivity index (χ3n) is 3.90. The molecule has 0 fully saturated rings. The Labute approximate surface area is 158 Å². The Balaban J connectivity index is 2.69. The lowest BCUT2D eigenvalue weighted by molar-refractivity contribution is -0.144. The van der Waals surface area contributed by atoms with E-state index in [1.165, 1.54) is 12.1 Å². The second-order valence-corrected chi connectivity index (χ2v) is 6.17. The summed E-state index contributed by atoms with van der Waals surface area (Å²) in [5.74, 6) is -0.657. The number of carbonyl (C=O) groups is 1. The molecule has 1 heterocycles. The zero-order valence-corrected chi connectivity index (χ0v) is 15.1. The number of esters is 1. The average molecular weight is 394 g/mol. The first-order valence-corrected chi connectivity index (χ1v) is 8.18. The Morgan fingerprint density at radius 2 is 2.04 bits per heavy atom. The van der Waals surface area contributed by atoms with Gasteiger partial charge >= 0.3 is 12.1 Å². The zero-order valence-electron chi connectivity index (χ0n) is 15.1. The highest BCUT2D eigenvalue weighted by molar-refractivity contribution is 5.66. The number of alkyl halides is 3. The van der Waals surface area contributed by atoms with Gasteiger partial charge in [-0.25, -0.2) is 0 Å². The molecular weight excluding hydrogens is 377 g/mol. The van der Waals surface area contributed by atoms with Gasteiger partial charge < -0.3 is 14.4 Å². The van der Waals surface area contributed by atoms with Gasteiger partial charge in [-0.3, -0.25) is 9.59 Å².